The van der Waals surface area contributed by atoms with Gasteiger partial charge in [-0.15, -0.1) is 0 Å². The lowest BCUT2D eigenvalue weighted by molar-refractivity contribution is 0.586. The van der Waals surface area contributed by atoms with Crippen LogP contribution in [-0.2, 0) is 0 Å². The van der Waals surface area contributed by atoms with E-state index >= 15 is 0 Å². The van der Waals surface area contributed by atoms with Crippen LogP contribution >= 0.6 is 0 Å². The molecule has 6 nitrogen and oxygen atoms in total. The predicted octanol–water partition coefficient (Wildman–Crippen LogP) is 0.160. The number of hydrogen-bond donors (Lipinski definition) is 4. The van der Waals surface area contributed by atoms with E-state index in [0.717, 1.165) is 0 Å². The molecule has 0 amide bonds. The minimum Gasteiger partial charge on any atom is -0.449 e. The van der Waals surface area contributed by atoms with Gasteiger partial charge in [-0.05, 0) is 6.07 Å². The third kappa shape index (κ3) is 2.86. The van der Waals surface area contributed by atoms with Crippen LogP contribution in [0.25, 0.3) is 0 Å². The number of rotatable bonds is 1. The summed E-state index contributed by atoms with van der Waals surface area (Å²) in [5.41, 5.74) is 5.12. The monoisotopic (exact) mass is 181 g/mol. The van der Waals surface area contributed by atoms with E-state index < -0.39 is 0 Å². The molecule has 0 radical (unpaired) electrons. The lowest BCUT2D eigenvalue weighted by Gasteiger charge is -2.06. The second-order valence-electron chi connectivity index (χ2n) is 2.21. The molecule has 1 heterocycles. The van der Waals surface area contributed by atoms with Crippen molar-refractivity contribution >= 4 is 17.8 Å². The molecular formula is C7H11N5O. The molecule has 0 aromatic carbocycles. The summed E-state index contributed by atoms with van der Waals surface area (Å²) in [5, 5.41) is 12.3. The van der Waals surface area contributed by atoms with Crippen molar-refractivity contribution in [3.63, 3.8) is 0 Å². The van der Waals surface area contributed by atoms with Gasteiger partial charge in [-0.3, -0.25) is 21.0 Å². The zero-order chi connectivity index (χ0) is 9.68. The topological polar surface area (TPSA) is 99.4 Å². The molecule has 0 bridgehead atoms. The minimum atomic E-state index is -0.181. The normalized spacial score (nSPS) is 11.0. The van der Waals surface area contributed by atoms with Crippen LogP contribution in [-0.4, -0.2) is 19.0 Å². The largest absolute Gasteiger partial charge is 0.449 e. The van der Waals surface area contributed by atoms with Gasteiger partial charge in [0.25, 0.3) is 0 Å². The molecule has 13 heavy (non-hydrogen) atoms. The number of aliphatic imine (C=N–C) groups is 1. The van der Waals surface area contributed by atoms with Gasteiger partial charge in [-0.25, -0.2) is 0 Å². The van der Waals surface area contributed by atoms with E-state index in [2.05, 4.69) is 15.6 Å². The third-order valence-corrected chi connectivity index (χ3v) is 1.24. The first-order valence-electron chi connectivity index (χ1n) is 3.60. The number of nitrogens with two attached hydrogens (primary N) is 1. The smallest absolute Gasteiger partial charge is 0.204 e. The van der Waals surface area contributed by atoms with Crippen LogP contribution in [0.15, 0.2) is 27.8 Å². The lowest BCUT2D eigenvalue weighted by atomic mass is 10.6. The van der Waals surface area contributed by atoms with Gasteiger partial charge < -0.3 is 10.2 Å². The maximum atomic E-state index is 6.97. The van der Waals surface area contributed by atoms with Gasteiger partial charge in [0.2, 0.25) is 5.96 Å². The van der Waals surface area contributed by atoms with Crippen molar-refractivity contribution < 1.29 is 4.42 Å². The average molecular weight is 181 g/mol. The number of nitrogens with one attached hydrogen (secondary N) is 3. The molecule has 0 aliphatic heterocycles. The Bertz CT molecular complexity index is 303. The minimum absolute atomic E-state index is 0.181. The van der Waals surface area contributed by atoms with Crippen molar-refractivity contribution in [3.05, 3.63) is 18.4 Å². The first kappa shape index (κ1) is 9.11. The molecule has 1 aromatic heterocycles. The summed E-state index contributed by atoms with van der Waals surface area (Å²) < 4.78 is 5.00. The Balaban J connectivity index is 2.56. The Morgan fingerprint density at radius 2 is 2.46 bits per heavy atom. The highest BCUT2D eigenvalue weighted by Gasteiger charge is 2.00. The van der Waals surface area contributed by atoms with Gasteiger partial charge in [0, 0.05) is 13.1 Å². The van der Waals surface area contributed by atoms with Crippen molar-refractivity contribution in [2.45, 2.75) is 0 Å². The molecular weight excluding hydrogens is 170 g/mol. The Morgan fingerprint density at radius 1 is 1.69 bits per heavy atom. The summed E-state index contributed by atoms with van der Waals surface area (Å²) in [7, 11) is 1.57. The summed E-state index contributed by atoms with van der Waals surface area (Å²) in [5.74, 6) is 0.719. The highest BCUT2D eigenvalue weighted by Crippen LogP contribution is 2.05. The van der Waals surface area contributed by atoms with Crippen molar-refractivity contribution in [2.75, 3.05) is 12.4 Å². The van der Waals surface area contributed by atoms with Crippen LogP contribution in [0.3, 0.4) is 0 Å². The average Bonchev–Trinajstić information content (AvgIpc) is 2.55. The third-order valence-electron chi connectivity index (χ3n) is 1.24. The second-order valence-corrected chi connectivity index (χ2v) is 2.21. The molecule has 0 aliphatic carbocycles. The van der Waals surface area contributed by atoms with Crippen LogP contribution in [0.4, 0.5) is 5.88 Å². The van der Waals surface area contributed by atoms with E-state index in [1.165, 1.54) is 6.26 Å². The van der Waals surface area contributed by atoms with Crippen LogP contribution in [0.5, 0.6) is 0 Å². The van der Waals surface area contributed by atoms with Gasteiger partial charge in [0.05, 0.1) is 6.26 Å². The summed E-state index contributed by atoms with van der Waals surface area (Å²) in [6, 6.07) is 3.47. The van der Waals surface area contributed by atoms with Gasteiger partial charge >= 0.3 is 0 Å². The summed E-state index contributed by atoms with van der Waals surface area (Å²) >= 11 is 0. The molecule has 0 aliphatic rings. The van der Waals surface area contributed by atoms with Gasteiger partial charge in [-0.2, -0.15) is 0 Å². The number of hydrogen-bond acceptors (Lipinski definition) is 3. The molecule has 1 rings (SSSR count). The zero-order valence-corrected chi connectivity index (χ0v) is 7.16. The van der Waals surface area contributed by atoms with E-state index in [1.54, 1.807) is 19.2 Å². The van der Waals surface area contributed by atoms with Crippen LogP contribution in [0.1, 0.15) is 0 Å². The Hall–Kier alpha value is -1.98. The highest BCUT2D eigenvalue weighted by atomic mass is 16.3. The molecule has 1 aromatic rings. The van der Waals surface area contributed by atoms with Gasteiger partial charge in [0.15, 0.2) is 11.8 Å². The number of furan rings is 1. The molecule has 0 saturated carbocycles. The summed E-state index contributed by atoms with van der Waals surface area (Å²) in [6.45, 7) is 0. The van der Waals surface area contributed by atoms with E-state index in [9.17, 15) is 0 Å². The van der Waals surface area contributed by atoms with Crippen molar-refractivity contribution in [1.29, 1.82) is 5.41 Å². The number of nitrogens with zero attached hydrogens (tertiary/aromatic N) is 1. The standard InChI is InChI=1S/C7H11N5O/c1-10-7(12-6(8)9)11-5-3-2-4-13-5/h2-4H,1H3,(H5,8,9,10,11,12). The molecule has 70 valence electrons. The molecule has 0 fully saturated rings. The predicted molar refractivity (Wildman–Crippen MR) is 50.7 cm³/mol. The van der Waals surface area contributed by atoms with E-state index in [4.69, 9.17) is 15.6 Å². The van der Waals surface area contributed by atoms with Crippen LogP contribution in [0.2, 0.25) is 0 Å². The maximum Gasteiger partial charge on any atom is 0.204 e. The fraction of sp³-hybridized carbons (Fsp3) is 0.143. The van der Waals surface area contributed by atoms with Crippen LogP contribution in [0, 0.1) is 5.41 Å². The van der Waals surface area contributed by atoms with Crippen molar-refractivity contribution in [2.24, 2.45) is 10.7 Å². The first-order chi connectivity index (χ1) is 6.22. The Morgan fingerprint density at radius 3 is 2.92 bits per heavy atom. The molecule has 0 spiro atoms. The zero-order valence-electron chi connectivity index (χ0n) is 7.16. The maximum absolute atomic E-state index is 6.97. The number of anilines is 1. The number of guanidine groups is 2. The molecule has 0 unspecified atom stereocenters. The Labute approximate surface area is 75.3 Å². The van der Waals surface area contributed by atoms with E-state index in [-0.39, 0.29) is 5.96 Å². The molecule has 0 saturated heterocycles. The van der Waals surface area contributed by atoms with Gasteiger partial charge in [0.1, 0.15) is 0 Å². The Kier molecular flexibility index (Phi) is 2.91. The molecule has 5 N–H and O–H groups in total. The summed E-state index contributed by atoms with van der Waals surface area (Å²) in [6.07, 6.45) is 1.53. The van der Waals surface area contributed by atoms with E-state index in [1.807, 2.05) is 0 Å². The quantitative estimate of drug-likeness (QED) is 0.366. The SMILES string of the molecule is C/N=C(/NC(=N)N)Nc1ccco1. The second kappa shape index (κ2) is 4.15. The van der Waals surface area contributed by atoms with Gasteiger partial charge in [-0.1, -0.05) is 0 Å². The van der Waals surface area contributed by atoms with Crippen LogP contribution < -0.4 is 16.4 Å². The van der Waals surface area contributed by atoms with E-state index in [0.29, 0.717) is 11.8 Å². The fourth-order valence-electron chi connectivity index (χ4n) is 0.737. The van der Waals surface area contributed by atoms with Crippen molar-refractivity contribution in [3.8, 4) is 0 Å². The molecule has 0 atom stereocenters. The fourth-order valence-corrected chi connectivity index (χ4v) is 0.737. The summed E-state index contributed by atoms with van der Waals surface area (Å²) in [4.78, 5) is 3.82. The highest BCUT2D eigenvalue weighted by molar-refractivity contribution is 6.03. The van der Waals surface area contributed by atoms with Crippen molar-refractivity contribution in [1.82, 2.24) is 5.32 Å². The molecule has 6 heteroatoms. The lowest BCUT2D eigenvalue weighted by Crippen LogP contribution is -2.39. The first-order valence-corrected chi connectivity index (χ1v) is 3.60.